The molecule has 24 heavy (non-hydrogen) atoms. The molecule has 0 bridgehead atoms. The molecule has 4 heteroatoms. The molecule has 0 fully saturated rings. The van der Waals surface area contributed by atoms with Crippen LogP contribution in [-0.4, -0.2) is 17.0 Å². The minimum Gasteiger partial charge on any atom is -0.398 e. The van der Waals surface area contributed by atoms with Crippen molar-refractivity contribution in [2.24, 2.45) is 0 Å². The summed E-state index contributed by atoms with van der Waals surface area (Å²) in [5.74, 6) is 0.306. The number of rotatable bonds is 0. The fraction of sp³-hybridized carbons (Fsp3) is 0.350. The van der Waals surface area contributed by atoms with Crippen molar-refractivity contribution >= 4 is 17.2 Å². The minimum absolute atomic E-state index is 0.192. The van der Waals surface area contributed by atoms with Gasteiger partial charge in [-0.2, -0.15) is 0 Å². The number of fused-ring (bicyclic) bond motifs is 2. The summed E-state index contributed by atoms with van der Waals surface area (Å²) in [6.45, 7) is 0. The van der Waals surface area contributed by atoms with Gasteiger partial charge in [-0.1, -0.05) is 24.3 Å². The van der Waals surface area contributed by atoms with Gasteiger partial charge in [0.05, 0.1) is 6.10 Å². The van der Waals surface area contributed by atoms with Crippen molar-refractivity contribution in [2.45, 2.75) is 44.6 Å². The Morgan fingerprint density at radius 3 is 2.21 bits per heavy atom. The summed E-state index contributed by atoms with van der Waals surface area (Å²) in [6, 6.07) is 11.8. The number of aryl methyl sites for hydroxylation is 2. The Kier molecular flexibility index (Phi) is 4.86. The fourth-order valence-electron chi connectivity index (χ4n) is 3.46. The van der Waals surface area contributed by atoms with Crippen LogP contribution in [0.3, 0.4) is 0 Å². The van der Waals surface area contributed by atoms with Crippen molar-refractivity contribution in [1.29, 1.82) is 0 Å². The van der Waals surface area contributed by atoms with Crippen LogP contribution in [0.1, 0.15) is 35.1 Å². The number of benzene rings is 2. The maximum atomic E-state index is 11.1. The van der Waals surface area contributed by atoms with Crippen molar-refractivity contribution < 1.29 is 9.90 Å². The van der Waals surface area contributed by atoms with Crippen molar-refractivity contribution in [3.63, 3.8) is 0 Å². The van der Waals surface area contributed by atoms with Crippen molar-refractivity contribution in [3.8, 4) is 0 Å². The summed E-state index contributed by atoms with van der Waals surface area (Å²) in [4.78, 5) is 11.1. The molecule has 2 aromatic rings. The van der Waals surface area contributed by atoms with Crippen molar-refractivity contribution in [1.82, 2.24) is 0 Å². The molecule has 0 aliphatic heterocycles. The molecule has 0 aromatic heterocycles. The smallest absolute Gasteiger partial charge is 0.137 e. The summed E-state index contributed by atoms with van der Waals surface area (Å²) < 4.78 is 0. The molecular formula is C20H24N2O2. The highest BCUT2D eigenvalue weighted by atomic mass is 16.3. The van der Waals surface area contributed by atoms with E-state index in [1.807, 2.05) is 24.3 Å². The Balaban J connectivity index is 0.000000141. The first-order chi connectivity index (χ1) is 11.5. The quantitative estimate of drug-likeness (QED) is 0.649. The van der Waals surface area contributed by atoms with E-state index in [2.05, 4.69) is 12.1 Å². The van der Waals surface area contributed by atoms with Crippen LogP contribution in [0.2, 0.25) is 0 Å². The van der Waals surface area contributed by atoms with Crippen LogP contribution in [0.4, 0.5) is 11.4 Å². The van der Waals surface area contributed by atoms with E-state index in [4.69, 9.17) is 11.5 Å². The zero-order valence-electron chi connectivity index (χ0n) is 13.8. The lowest BCUT2D eigenvalue weighted by atomic mass is 9.89. The fourth-order valence-corrected chi connectivity index (χ4v) is 3.46. The SMILES string of the molecule is Nc1cccc2c1CC(=O)CC2.Nc1cccc2c1C[C@H](O)CC2. The number of anilines is 2. The molecule has 4 nitrogen and oxygen atoms in total. The van der Waals surface area contributed by atoms with Crippen LogP contribution in [0.25, 0.3) is 0 Å². The normalized spacial score (nSPS) is 18.9. The Labute approximate surface area is 142 Å². The molecule has 0 spiro atoms. The van der Waals surface area contributed by atoms with Crippen LogP contribution in [0, 0.1) is 0 Å². The van der Waals surface area contributed by atoms with Crippen LogP contribution in [-0.2, 0) is 30.5 Å². The Morgan fingerprint density at radius 2 is 1.50 bits per heavy atom. The topological polar surface area (TPSA) is 89.3 Å². The second-order valence-electron chi connectivity index (χ2n) is 6.58. The lowest BCUT2D eigenvalue weighted by molar-refractivity contribution is -0.118. The Hall–Kier alpha value is -2.33. The zero-order valence-corrected chi connectivity index (χ0v) is 13.8. The molecule has 0 heterocycles. The van der Waals surface area contributed by atoms with Crippen LogP contribution in [0.5, 0.6) is 0 Å². The number of ketones is 1. The number of nitrogen functional groups attached to an aromatic ring is 2. The van der Waals surface area contributed by atoms with Crippen molar-refractivity contribution in [2.75, 3.05) is 11.5 Å². The minimum atomic E-state index is -0.192. The van der Waals surface area contributed by atoms with Gasteiger partial charge in [0.25, 0.3) is 0 Å². The van der Waals surface area contributed by atoms with Gasteiger partial charge in [-0.25, -0.2) is 0 Å². The van der Waals surface area contributed by atoms with Crippen LogP contribution >= 0.6 is 0 Å². The van der Waals surface area contributed by atoms with Gasteiger partial charge in [-0.05, 0) is 53.6 Å². The van der Waals surface area contributed by atoms with Gasteiger partial charge < -0.3 is 16.6 Å². The predicted molar refractivity (Wildman–Crippen MR) is 96.8 cm³/mol. The molecule has 0 saturated carbocycles. The third kappa shape index (κ3) is 3.60. The number of carbonyl (C=O) groups is 1. The Bertz CT molecular complexity index is 755. The number of carbonyl (C=O) groups excluding carboxylic acids is 1. The summed E-state index contributed by atoms with van der Waals surface area (Å²) in [5, 5.41) is 9.42. The van der Waals surface area contributed by atoms with Gasteiger partial charge >= 0.3 is 0 Å². The largest absolute Gasteiger partial charge is 0.398 e. The highest BCUT2D eigenvalue weighted by Gasteiger charge is 2.18. The first kappa shape index (κ1) is 16.5. The molecule has 4 rings (SSSR count). The van der Waals surface area contributed by atoms with E-state index >= 15 is 0 Å². The molecule has 126 valence electrons. The summed E-state index contributed by atoms with van der Waals surface area (Å²) >= 11 is 0. The molecule has 0 radical (unpaired) electrons. The predicted octanol–water partition coefficient (Wildman–Crippen LogP) is 2.45. The van der Waals surface area contributed by atoms with E-state index in [1.165, 1.54) is 11.1 Å². The first-order valence-electron chi connectivity index (χ1n) is 8.47. The number of aliphatic hydroxyl groups excluding tert-OH is 1. The van der Waals surface area contributed by atoms with Gasteiger partial charge in [-0.3, -0.25) is 4.79 Å². The van der Waals surface area contributed by atoms with E-state index in [0.29, 0.717) is 18.6 Å². The van der Waals surface area contributed by atoms with E-state index in [-0.39, 0.29) is 6.10 Å². The number of aliphatic hydroxyl groups is 1. The lowest BCUT2D eigenvalue weighted by Gasteiger charge is -2.21. The number of Topliss-reactive ketones (excluding diaryl/α,β-unsaturated/α-hetero) is 1. The monoisotopic (exact) mass is 324 g/mol. The molecule has 0 unspecified atom stereocenters. The molecular weight excluding hydrogens is 300 g/mol. The maximum Gasteiger partial charge on any atom is 0.137 e. The molecule has 2 aliphatic carbocycles. The van der Waals surface area contributed by atoms with Gasteiger partial charge in [0.15, 0.2) is 0 Å². The summed E-state index contributed by atoms with van der Waals surface area (Å²) in [6.07, 6.45) is 4.43. The summed E-state index contributed by atoms with van der Waals surface area (Å²) in [5.41, 5.74) is 17.9. The average Bonchev–Trinajstić information content (AvgIpc) is 2.57. The zero-order chi connectivity index (χ0) is 17.1. The van der Waals surface area contributed by atoms with Crippen molar-refractivity contribution in [3.05, 3.63) is 58.7 Å². The molecule has 2 aliphatic rings. The average molecular weight is 324 g/mol. The molecule has 0 amide bonds. The van der Waals surface area contributed by atoms with Gasteiger partial charge in [0.2, 0.25) is 0 Å². The maximum absolute atomic E-state index is 11.1. The molecule has 2 aromatic carbocycles. The van der Waals surface area contributed by atoms with Gasteiger partial charge in [0.1, 0.15) is 5.78 Å². The second kappa shape index (κ2) is 7.05. The number of hydrogen-bond acceptors (Lipinski definition) is 4. The van der Waals surface area contributed by atoms with E-state index in [1.54, 1.807) is 0 Å². The van der Waals surface area contributed by atoms with Gasteiger partial charge in [0, 0.05) is 30.6 Å². The second-order valence-corrected chi connectivity index (χ2v) is 6.58. The third-order valence-electron chi connectivity index (χ3n) is 4.85. The van der Waals surface area contributed by atoms with E-state index < -0.39 is 0 Å². The highest BCUT2D eigenvalue weighted by molar-refractivity contribution is 5.85. The van der Waals surface area contributed by atoms with Crippen LogP contribution in [0.15, 0.2) is 36.4 Å². The number of hydrogen-bond donors (Lipinski definition) is 3. The van der Waals surface area contributed by atoms with Crippen LogP contribution < -0.4 is 11.5 Å². The molecule has 5 N–H and O–H groups in total. The third-order valence-corrected chi connectivity index (χ3v) is 4.85. The summed E-state index contributed by atoms with van der Waals surface area (Å²) in [7, 11) is 0. The standard InChI is InChI=1S/C10H13NO.C10H11NO/c2*11-10-3-1-2-7-4-5-8(12)6-9(7)10/h1-3,8,12H,4-6,11H2;1-3H,4-6,11H2/t8-;/m1./s1. The van der Waals surface area contributed by atoms with Gasteiger partial charge in [-0.15, -0.1) is 0 Å². The number of nitrogens with two attached hydrogens (primary N) is 2. The lowest BCUT2D eigenvalue weighted by Crippen LogP contribution is -2.19. The molecule has 1 atom stereocenters. The first-order valence-corrected chi connectivity index (χ1v) is 8.47. The van der Waals surface area contributed by atoms with E-state index in [0.717, 1.165) is 48.2 Å². The highest BCUT2D eigenvalue weighted by Crippen LogP contribution is 2.26. The Morgan fingerprint density at radius 1 is 0.875 bits per heavy atom. The molecule has 0 saturated heterocycles. The van der Waals surface area contributed by atoms with E-state index in [9.17, 15) is 9.90 Å².